The van der Waals surface area contributed by atoms with Crippen LogP contribution < -0.4 is 0 Å². The summed E-state index contributed by atoms with van der Waals surface area (Å²) in [4.78, 5) is 9.00. The molecule has 4 rings (SSSR count). The van der Waals surface area contributed by atoms with Gasteiger partial charge in [-0.1, -0.05) is 50.2 Å². The molecule has 2 aliphatic heterocycles. The molecule has 0 saturated heterocycles. The van der Waals surface area contributed by atoms with Gasteiger partial charge in [-0.3, -0.25) is 4.99 Å². The Balaban J connectivity index is 1.42. The average molecular weight is 527 g/mol. The zero-order valence-corrected chi connectivity index (χ0v) is 20.4. The molecule has 0 amide bonds. The molecule has 5 atom stereocenters. The molecule has 0 aliphatic carbocycles. The number of hydrogen-bond acceptors (Lipinski definition) is 4. The standard InChI is InChI=1S/C27H28F6N2O2/c1-3-17(19-7-5-9-21(12-19)27(31,32)33)13-23-24(37-15-34-23)25-35-22(14-36-25)10-16(2)18-6-4-8-20(11-18)26(28,29)30/h4-9,11-12,15-17,22-24H,3,10,13-14H2,1-2H3. The summed E-state index contributed by atoms with van der Waals surface area (Å²) >= 11 is 0. The second kappa shape index (κ2) is 10.8. The van der Waals surface area contributed by atoms with Crippen LogP contribution in [0.25, 0.3) is 0 Å². The van der Waals surface area contributed by atoms with E-state index < -0.39 is 29.6 Å². The zero-order valence-electron chi connectivity index (χ0n) is 20.4. The van der Waals surface area contributed by atoms with E-state index >= 15 is 0 Å². The highest BCUT2D eigenvalue weighted by molar-refractivity contribution is 5.85. The molecule has 0 aromatic heterocycles. The van der Waals surface area contributed by atoms with Crippen molar-refractivity contribution < 1.29 is 35.8 Å². The third kappa shape index (κ3) is 6.45. The van der Waals surface area contributed by atoms with Gasteiger partial charge in [-0.2, -0.15) is 26.3 Å². The van der Waals surface area contributed by atoms with Gasteiger partial charge in [-0.25, -0.2) is 4.99 Å². The van der Waals surface area contributed by atoms with Gasteiger partial charge < -0.3 is 9.47 Å². The number of aliphatic imine (C=N–C) groups is 2. The summed E-state index contributed by atoms with van der Waals surface area (Å²) < 4.78 is 90.2. The van der Waals surface area contributed by atoms with Crippen molar-refractivity contribution in [1.29, 1.82) is 0 Å². The van der Waals surface area contributed by atoms with E-state index in [1.54, 1.807) is 12.1 Å². The number of alkyl halides is 6. The summed E-state index contributed by atoms with van der Waals surface area (Å²) in [6.45, 7) is 4.03. The lowest BCUT2D eigenvalue weighted by Crippen LogP contribution is -2.32. The van der Waals surface area contributed by atoms with Crippen LogP contribution in [0.15, 0.2) is 58.5 Å². The van der Waals surface area contributed by atoms with E-state index in [1.165, 1.54) is 24.6 Å². The van der Waals surface area contributed by atoms with Crippen molar-refractivity contribution in [3.05, 3.63) is 70.8 Å². The van der Waals surface area contributed by atoms with Gasteiger partial charge in [0.25, 0.3) is 0 Å². The fourth-order valence-electron chi connectivity index (χ4n) is 4.83. The van der Waals surface area contributed by atoms with Crippen molar-refractivity contribution in [3.63, 3.8) is 0 Å². The number of halogens is 6. The molecule has 2 aromatic carbocycles. The topological polar surface area (TPSA) is 43.2 Å². The first-order valence-corrected chi connectivity index (χ1v) is 12.2. The van der Waals surface area contributed by atoms with E-state index in [9.17, 15) is 26.3 Å². The maximum Gasteiger partial charge on any atom is 0.416 e. The Bertz CT molecular complexity index is 1140. The van der Waals surface area contributed by atoms with Crippen LogP contribution in [-0.4, -0.2) is 37.1 Å². The summed E-state index contributed by atoms with van der Waals surface area (Å²) in [5.41, 5.74) is -0.217. The lowest BCUT2D eigenvalue weighted by atomic mass is 9.87. The van der Waals surface area contributed by atoms with E-state index in [4.69, 9.17) is 9.47 Å². The molecule has 4 nitrogen and oxygen atoms in total. The predicted octanol–water partition coefficient (Wildman–Crippen LogP) is 7.39. The van der Waals surface area contributed by atoms with Crippen molar-refractivity contribution in [3.8, 4) is 0 Å². The van der Waals surface area contributed by atoms with Crippen LogP contribution in [0, 0.1) is 0 Å². The first-order valence-electron chi connectivity index (χ1n) is 12.2. The first-order chi connectivity index (χ1) is 17.5. The lowest BCUT2D eigenvalue weighted by molar-refractivity contribution is -0.138. The molecule has 0 fully saturated rings. The minimum Gasteiger partial charge on any atom is -0.476 e. The van der Waals surface area contributed by atoms with Crippen molar-refractivity contribution in [1.82, 2.24) is 0 Å². The molecule has 2 aliphatic rings. The van der Waals surface area contributed by atoms with Crippen LogP contribution >= 0.6 is 0 Å². The fraction of sp³-hybridized carbons (Fsp3) is 0.481. The molecule has 2 heterocycles. The maximum atomic E-state index is 13.2. The van der Waals surface area contributed by atoms with Crippen molar-refractivity contribution in [2.45, 2.75) is 75.5 Å². The van der Waals surface area contributed by atoms with E-state index in [1.807, 2.05) is 13.8 Å². The predicted molar refractivity (Wildman–Crippen MR) is 128 cm³/mol. The smallest absolute Gasteiger partial charge is 0.416 e. The highest BCUT2D eigenvalue weighted by atomic mass is 19.4. The highest BCUT2D eigenvalue weighted by Gasteiger charge is 2.38. The van der Waals surface area contributed by atoms with Crippen LogP contribution in [0.3, 0.4) is 0 Å². The van der Waals surface area contributed by atoms with Crippen molar-refractivity contribution in [2.24, 2.45) is 9.98 Å². The lowest BCUT2D eigenvalue weighted by Gasteiger charge is -2.22. The largest absolute Gasteiger partial charge is 0.476 e. The normalized spacial score (nSPS) is 23.4. The van der Waals surface area contributed by atoms with Gasteiger partial charge in [0.05, 0.1) is 23.2 Å². The quantitative estimate of drug-likeness (QED) is 0.337. The first kappa shape index (κ1) is 27.0. The van der Waals surface area contributed by atoms with Gasteiger partial charge in [0.15, 0.2) is 12.5 Å². The number of benzene rings is 2. The second-order valence-electron chi connectivity index (χ2n) is 9.53. The molecule has 2 aromatic rings. The Morgan fingerprint density at radius 2 is 1.54 bits per heavy atom. The Kier molecular flexibility index (Phi) is 7.85. The maximum absolute atomic E-state index is 13.2. The number of nitrogens with zero attached hydrogens (tertiary/aromatic N) is 2. The third-order valence-corrected chi connectivity index (χ3v) is 6.90. The molecule has 0 bridgehead atoms. The summed E-state index contributed by atoms with van der Waals surface area (Å²) in [6.07, 6.45) is -6.54. The SMILES string of the molecule is CCC(CC1N=COC1C1=NC(CC(C)c2cccc(C(F)(F)F)c2)CO1)c1cccc(C(F)(F)F)c1. The van der Waals surface area contributed by atoms with Gasteiger partial charge in [-0.05, 0) is 54.4 Å². The summed E-state index contributed by atoms with van der Waals surface area (Å²) in [7, 11) is 0. The summed E-state index contributed by atoms with van der Waals surface area (Å²) in [5, 5.41) is 0. The van der Waals surface area contributed by atoms with Crippen LogP contribution in [0.2, 0.25) is 0 Å². The molecule has 37 heavy (non-hydrogen) atoms. The van der Waals surface area contributed by atoms with Gasteiger partial charge >= 0.3 is 12.4 Å². The van der Waals surface area contributed by atoms with Crippen LogP contribution in [0.4, 0.5) is 26.3 Å². The van der Waals surface area contributed by atoms with Crippen LogP contribution in [0.5, 0.6) is 0 Å². The Labute approximate surface area is 211 Å². The molecule has 0 radical (unpaired) electrons. The molecular weight excluding hydrogens is 498 g/mol. The minimum absolute atomic E-state index is 0.174. The van der Waals surface area contributed by atoms with Crippen molar-refractivity contribution >= 4 is 12.3 Å². The Hall–Kier alpha value is -3.04. The van der Waals surface area contributed by atoms with E-state index in [0.717, 1.165) is 18.2 Å². The molecule has 0 spiro atoms. The molecule has 10 heteroatoms. The molecular formula is C27H28F6N2O2. The molecule has 0 saturated carbocycles. The van der Waals surface area contributed by atoms with E-state index in [2.05, 4.69) is 9.98 Å². The molecule has 200 valence electrons. The second-order valence-corrected chi connectivity index (χ2v) is 9.53. The van der Waals surface area contributed by atoms with Gasteiger partial charge in [0.1, 0.15) is 6.61 Å². The number of hydrogen-bond donors (Lipinski definition) is 0. The Morgan fingerprint density at radius 1 is 0.919 bits per heavy atom. The number of ether oxygens (including phenoxy) is 2. The Morgan fingerprint density at radius 3 is 2.16 bits per heavy atom. The van der Waals surface area contributed by atoms with Gasteiger partial charge in [0, 0.05) is 0 Å². The molecule has 0 N–H and O–H groups in total. The number of rotatable bonds is 8. The highest BCUT2D eigenvalue weighted by Crippen LogP contribution is 2.36. The minimum atomic E-state index is -4.42. The zero-order chi connectivity index (χ0) is 26.8. The van der Waals surface area contributed by atoms with Crippen LogP contribution in [-0.2, 0) is 21.8 Å². The van der Waals surface area contributed by atoms with Crippen molar-refractivity contribution in [2.75, 3.05) is 6.61 Å². The summed E-state index contributed by atoms with van der Waals surface area (Å²) in [6, 6.07) is 9.97. The summed E-state index contributed by atoms with van der Waals surface area (Å²) in [5.74, 6) is 0.0101. The van der Waals surface area contributed by atoms with Crippen LogP contribution in [0.1, 0.15) is 67.2 Å². The van der Waals surface area contributed by atoms with E-state index in [-0.39, 0.29) is 30.5 Å². The van der Waals surface area contributed by atoms with E-state index in [0.29, 0.717) is 36.3 Å². The average Bonchev–Trinajstić information content (AvgIpc) is 3.50. The monoisotopic (exact) mass is 526 g/mol. The fourth-order valence-corrected chi connectivity index (χ4v) is 4.83. The third-order valence-electron chi connectivity index (χ3n) is 6.90. The molecule has 5 unspecified atom stereocenters. The van der Waals surface area contributed by atoms with Gasteiger partial charge in [0.2, 0.25) is 5.90 Å². The van der Waals surface area contributed by atoms with Gasteiger partial charge in [-0.15, -0.1) is 0 Å².